The third-order valence-electron chi connectivity index (χ3n) is 3.32. The summed E-state index contributed by atoms with van der Waals surface area (Å²) in [4.78, 5) is 13.6. The summed E-state index contributed by atoms with van der Waals surface area (Å²) in [6.07, 6.45) is 4.89. The zero-order chi connectivity index (χ0) is 10.1. The largest absolute Gasteiger partial charge is 0.339 e. The first-order valence-corrected chi connectivity index (χ1v) is 5.91. The molecular weight excluding hydrogens is 196 g/mol. The minimum Gasteiger partial charge on any atom is -0.339 e. The highest BCUT2D eigenvalue weighted by Crippen LogP contribution is 2.27. The summed E-state index contributed by atoms with van der Waals surface area (Å²) < 4.78 is 0. The highest BCUT2D eigenvalue weighted by molar-refractivity contribution is 7.81. The molecule has 0 bridgehead atoms. The molecule has 2 rings (SSSR count). The van der Waals surface area contributed by atoms with Crippen molar-refractivity contribution in [1.29, 1.82) is 0 Å². The summed E-state index contributed by atoms with van der Waals surface area (Å²) in [6, 6.07) is 0.801. The van der Waals surface area contributed by atoms with E-state index in [2.05, 4.69) is 12.6 Å². The SMILES string of the molecule is NC1CCC(N2CC(S)CC2=O)CC1. The van der Waals surface area contributed by atoms with Gasteiger partial charge < -0.3 is 10.6 Å². The van der Waals surface area contributed by atoms with Crippen LogP contribution >= 0.6 is 12.6 Å². The summed E-state index contributed by atoms with van der Waals surface area (Å²) in [5, 5.41) is 0.248. The summed E-state index contributed by atoms with van der Waals surface area (Å²) >= 11 is 4.36. The van der Waals surface area contributed by atoms with Crippen molar-refractivity contribution < 1.29 is 4.79 Å². The van der Waals surface area contributed by atoms with E-state index in [1.807, 2.05) is 4.90 Å². The number of nitrogens with two attached hydrogens (primary N) is 1. The topological polar surface area (TPSA) is 46.3 Å². The molecule has 0 aromatic heterocycles. The number of hydrogen-bond acceptors (Lipinski definition) is 3. The number of amides is 1. The van der Waals surface area contributed by atoms with Gasteiger partial charge in [-0.15, -0.1) is 0 Å². The minimum atomic E-state index is 0.248. The number of likely N-dealkylation sites (tertiary alicyclic amines) is 1. The molecule has 14 heavy (non-hydrogen) atoms. The molecule has 80 valence electrons. The van der Waals surface area contributed by atoms with Crippen LogP contribution in [-0.4, -0.2) is 34.7 Å². The van der Waals surface area contributed by atoms with E-state index in [-0.39, 0.29) is 11.2 Å². The molecule has 1 unspecified atom stereocenters. The molecule has 3 nitrogen and oxygen atoms in total. The Morgan fingerprint density at radius 2 is 1.93 bits per heavy atom. The first-order valence-electron chi connectivity index (χ1n) is 5.40. The molecule has 1 atom stereocenters. The number of carbonyl (C=O) groups is 1. The Morgan fingerprint density at radius 1 is 1.29 bits per heavy atom. The molecule has 1 amide bonds. The Labute approximate surface area is 90.4 Å². The fraction of sp³-hybridized carbons (Fsp3) is 0.900. The summed E-state index contributed by atoms with van der Waals surface area (Å²) in [6.45, 7) is 0.835. The average Bonchev–Trinajstić information content (AvgIpc) is 2.47. The molecule has 0 spiro atoms. The predicted molar refractivity (Wildman–Crippen MR) is 59.3 cm³/mol. The lowest BCUT2D eigenvalue weighted by atomic mass is 9.91. The van der Waals surface area contributed by atoms with Crippen LogP contribution in [0.2, 0.25) is 0 Å². The molecular formula is C10H18N2OS. The molecule has 2 fully saturated rings. The number of rotatable bonds is 1. The zero-order valence-corrected chi connectivity index (χ0v) is 9.25. The number of hydrogen-bond donors (Lipinski definition) is 2. The van der Waals surface area contributed by atoms with Gasteiger partial charge in [-0.2, -0.15) is 12.6 Å². The summed E-state index contributed by atoms with van der Waals surface area (Å²) in [5.74, 6) is 0.283. The Kier molecular flexibility index (Phi) is 3.02. The van der Waals surface area contributed by atoms with Gasteiger partial charge >= 0.3 is 0 Å². The first kappa shape index (κ1) is 10.3. The van der Waals surface area contributed by atoms with Crippen LogP contribution in [0.4, 0.5) is 0 Å². The number of carbonyl (C=O) groups excluding carboxylic acids is 1. The lowest BCUT2D eigenvalue weighted by Gasteiger charge is -2.33. The van der Waals surface area contributed by atoms with Gasteiger partial charge in [-0.1, -0.05) is 0 Å². The lowest BCUT2D eigenvalue weighted by Crippen LogP contribution is -2.41. The third-order valence-corrected chi connectivity index (χ3v) is 3.67. The van der Waals surface area contributed by atoms with Crippen LogP contribution in [0.5, 0.6) is 0 Å². The second-order valence-electron chi connectivity index (χ2n) is 4.47. The monoisotopic (exact) mass is 214 g/mol. The van der Waals surface area contributed by atoms with Crippen LogP contribution in [-0.2, 0) is 4.79 Å². The summed E-state index contributed by atoms with van der Waals surface area (Å²) in [5.41, 5.74) is 5.84. The Bertz CT molecular complexity index is 226. The molecule has 1 saturated carbocycles. The average molecular weight is 214 g/mol. The second-order valence-corrected chi connectivity index (χ2v) is 5.20. The van der Waals surface area contributed by atoms with Crippen molar-refractivity contribution in [3.63, 3.8) is 0 Å². The maximum absolute atomic E-state index is 11.6. The fourth-order valence-corrected chi connectivity index (χ4v) is 2.81. The van der Waals surface area contributed by atoms with Crippen molar-refractivity contribution in [3.8, 4) is 0 Å². The quantitative estimate of drug-likeness (QED) is 0.634. The predicted octanol–water partition coefficient (Wildman–Crippen LogP) is 0.787. The van der Waals surface area contributed by atoms with Crippen LogP contribution in [0.25, 0.3) is 0 Å². The molecule has 4 heteroatoms. The van der Waals surface area contributed by atoms with Gasteiger partial charge in [0.2, 0.25) is 5.91 Å². The van der Waals surface area contributed by atoms with Gasteiger partial charge in [0.25, 0.3) is 0 Å². The molecule has 1 saturated heterocycles. The molecule has 2 aliphatic rings. The van der Waals surface area contributed by atoms with Crippen molar-refractivity contribution in [3.05, 3.63) is 0 Å². The molecule has 2 N–H and O–H groups in total. The molecule has 1 aliphatic heterocycles. The molecule has 0 radical (unpaired) electrons. The van der Waals surface area contributed by atoms with E-state index in [9.17, 15) is 4.79 Å². The maximum Gasteiger partial charge on any atom is 0.224 e. The molecule has 1 heterocycles. The van der Waals surface area contributed by atoms with Crippen LogP contribution < -0.4 is 5.73 Å². The minimum absolute atomic E-state index is 0.248. The smallest absolute Gasteiger partial charge is 0.224 e. The Balaban J connectivity index is 1.92. The van der Waals surface area contributed by atoms with Crippen LogP contribution in [0.15, 0.2) is 0 Å². The normalized spacial score (nSPS) is 39.1. The zero-order valence-electron chi connectivity index (χ0n) is 8.35. The van der Waals surface area contributed by atoms with Gasteiger partial charge in [-0.3, -0.25) is 4.79 Å². The standard InChI is InChI=1S/C10H18N2OS/c11-7-1-3-8(4-2-7)12-6-9(14)5-10(12)13/h7-9,14H,1-6,11H2. The fourth-order valence-electron chi connectivity index (χ4n) is 2.48. The van der Waals surface area contributed by atoms with Gasteiger partial charge in [-0.05, 0) is 25.7 Å². The van der Waals surface area contributed by atoms with Crippen molar-refractivity contribution >= 4 is 18.5 Å². The van der Waals surface area contributed by atoms with Gasteiger partial charge in [0, 0.05) is 30.3 Å². The highest BCUT2D eigenvalue weighted by Gasteiger charge is 2.34. The first-order chi connectivity index (χ1) is 6.66. The van der Waals surface area contributed by atoms with Gasteiger partial charge in [-0.25, -0.2) is 0 Å². The molecule has 1 aliphatic carbocycles. The lowest BCUT2D eigenvalue weighted by molar-refractivity contribution is -0.130. The Morgan fingerprint density at radius 3 is 2.43 bits per heavy atom. The van der Waals surface area contributed by atoms with Crippen LogP contribution in [0.1, 0.15) is 32.1 Å². The van der Waals surface area contributed by atoms with Crippen molar-refractivity contribution in [2.45, 2.75) is 49.4 Å². The van der Waals surface area contributed by atoms with E-state index < -0.39 is 0 Å². The molecule has 0 aromatic rings. The van der Waals surface area contributed by atoms with Gasteiger partial charge in [0.15, 0.2) is 0 Å². The third kappa shape index (κ3) is 2.06. The van der Waals surface area contributed by atoms with Gasteiger partial charge in [0.1, 0.15) is 0 Å². The van der Waals surface area contributed by atoms with E-state index >= 15 is 0 Å². The van der Waals surface area contributed by atoms with E-state index in [0.717, 1.165) is 32.2 Å². The van der Waals surface area contributed by atoms with E-state index in [1.165, 1.54) is 0 Å². The molecule has 0 aromatic carbocycles. The van der Waals surface area contributed by atoms with Gasteiger partial charge in [0.05, 0.1) is 0 Å². The van der Waals surface area contributed by atoms with Crippen molar-refractivity contribution in [1.82, 2.24) is 4.90 Å². The number of thiol groups is 1. The van der Waals surface area contributed by atoms with Crippen LogP contribution in [0.3, 0.4) is 0 Å². The maximum atomic E-state index is 11.6. The summed E-state index contributed by atoms with van der Waals surface area (Å²) in [7, 11) is 0. The van der Waals surface area contributed by atoms with Crippen molar-refractivity contribution in [2.24, 2.45) is 5.73 Å². The highest BCUT2D eigenvalue weighted by atomic mass is 32.1. The number of nitrogens with zero attached hydrogens (tertiary/aromatic N) is 1. The van der Waals surface area contributed by atoms with E-state index in [1.54, 1.807) is 0 Å². The van der Waals surface area contributed by atoms with Crippen LogP contribution in [0, 0.1) is 0 Å². The second kappa shape index (κ2) is 4.11. The van der Waals surface area contributed by atoms with Crippen molar-refractivity contribution in [2.75, 3.05) is 6.54 Å². The van der Waals surface area contributed by atoms with E-state index in [0.29, 0.717) is 18.5 Å². The Hall–Kier alpha value is -0.220. The van der Waals surface area contributed by atoms with E-state index in [4.69, 9.17) is 5.73 Å².